The number of unbranched alkanes of at least 4 members (excludes halogenated alkanes) is 1. The molecule has 6 nitrogen and oxygen atoms in total. The fraction of sp³-hybridized carbons (Fsp3) is 0.889. The molecule has 180 valence electrons. The standard InChI is InChI=1S/C18H48O6Si6/c1-15-17-18-19-26(5,6)21-28(9,10)23-30(13,14)24-29(11,12)22-27(7,8)20-25(3,4)16-2/h16H,2,15,17-18H2,1,3-14H3. The smallest absolute Gasteiger partial charge is 0.322 e. The summed E-state index contributed by atoms with van der Waals surface area (Å²) in [6, 6.07) is 0. The van der Waals surface area contributed by atoms with Crippen LogP contribution < -0.4 is 0 Å². The topological polar surface area (TPSA) is 55.4 Å². The predicted octanol–water partition coefficient (Wildman–Crippen LogP) is 6.33. The van der Waals surface area contributed by atoms with Gasteiger partial charge in [0.1, 0.15) is 0 Å². The molecule has 0 aliphatic carbocycles. The highest BCUT2D eigenvalue weighted by Crippen LogP contribution is 2.27. The van der Waals surface area contributed by atoms with Gasteiger partial charge < -0.3 is 25.0 Å². The molecule has 0 spiro atoms. The maximum Gasteiger partial charge on any atom is 0.322 e. The zero-order valence-corrected chi connectivity index (χ0v) is 27.9. The molecule has 0 aromatic heterocycles. The van der Waals surface area contributed by atoms with Crippen molar-refractivity contribution in [1.29, 1.82) is 0 Å². The lowest BCUT2D eigenvalue weighted by Crippen LogP contribution is -2.60. The molecular weight excluding hydrogens is 481 g/mol. The van der Waals surface area contributed by atoms with Crippen LogP contribution in [0, 0.1) is 0 Å². The van der Waals surface area contributed by atoms with Crippen LogP contribution in [0.1, 0.15) is 19.8 Å². The van der Waals surface area contributed by atoms with E-state index in [0.717, 1.165) is 19.4 Å². The Morgan fingerprint density at radius 3 is 1.23 bits per heavy atom. The molecule has 0 aliphatic heterocycles. The Morgan fingerprint density at radius 2 is 0.900 bits per heavy atom. The molecule has 0 amide bonds. The molecule has 12 heteroatoms. The van der Waals surface area contributed by atoms with Crippen molar-refractivity contribution in [3.63, 3.8) is 0 Å². The van der Waals surface area contributed by atoms with Gasteiger partial charge in [0.25, 0.3) is 0 Å². The highest BCUT2D eigenvalue weighted by atomic mass is 28.5. The first-order valence-corrected chi connectivity index (χ1v) is 28.0. The molecule has 0 fully saturated rings. The third-order valence-electron chi connectivity index (χ3n) is 3.91. The maximum absolute atomic E-state index is 6.57. The van der Waals surface area contributed by atoms with Crippen LogP contribution in [0.3, 0.4) is 0 Å². The van der Waals surface area contributed by atoms with Gasteiger partial charge in [-0.05, 0) is 85.0 Å². The van der Waals surface area contributed by atoms with E-state index in [1.54, 1.807) is 0 Å². The van der Waals surface area contributed by atoms with Gasteiger partial charge >= 0.3 is 42.8 Å². The summed E-state index contributed by atoms with van der Waals surface area (Å²) in [4.78, 5) is 0. The van der Waals surface area contributed by atoms with Crippen LogP contribution in [0.15, 0.2) is 12.3 Å². The van der Waals surface area contributed by atoms with Gasteiger partial charge in [-0.15, -0.1) is 6.58 Å². The number of hydrogen-bond acceptors (Lipinski definition) is 6. The first-order valence-electron chi connectivity index (χ1n) is 10.9. The van der Waals surface area contributed by atoms with E-state index >= 15 is 0 Å². The van der Waals surface area contributed by atoms with Crippen LogP contribution in [-0.2, 0) is 25.0 Å². The van der Waals surface area contributed by atoms with Crippen LogP contribution in [0.25, 0.3) is 0 Å². The van der Waals surface area contributed by atoms with Crippen molar-refractivity contribution in [2.24, 2.45) is 0 Å². The molecule has 0 N–H and O–H groups in total. The van der Waals surface area contributed by atoms with E-state index in [0.29, 0.717) is 0 Å². The SMILES string of the molecule is C=C[Si](C)(C)O[Si](C)(C)O[Si](C)(C)O[Si](C)(C)O[Si](C)(C)O[Si](C)(C)OCCCC. The molecule has 0 saturated heterocycles. The van der Waals surface area contributed by atoms with E-state index in [9.17, 15) is 0 Å². The van der Waals surface area contributed by atoms with Crippen molar-refractivity contribution in [2.75, 3.05) is 6.61 Å². The number of rotatable bonds is 15. The van der Waals surface area contributed by atoms with Crippen LogP contribution >= 0.6 is 0 Å². The van der Waals surface area contributed by atoms with Crippen molar-refractivity contribution in [3.05, 3.63) is 12.3 Å². The molecule has 0 radical (unpaired) electrons. The number of hydrogen-bond donors (Lipinski definition) is 0. The Kier molecular flexibility index (Phi) is 11.6. The van der Waals surface area contributed by atoms with E-state index in [1.807, 2.05) is 5.70 Å². The van der Waals surface area contributed by atoms with Gasteiger partial charge in [-0.25, -0.2) is 0 Å². The molecule has 0 atom stereocenters. The van der Waals surface area contributed by atoms with E-state index in [1.165, 1.54) is 0 Å². The van der Waals surface area contributed by atoms with Crippen molar-refractivity contribution in [3.8, 4) is 0 Å². The van der Waals surface area contributed by atoms with Gasteiger partial charge in [0, 0.05) is 6.61 Å². The van der Waals surface area contributed by atoms with Crippen molar-refractivity contribution >= 4 is 51.1 Å². The fourth-order valence-electron chi connectivity index (χ4n) is 3.62. The molecule has 30 heavy (non-hydrogen) atoms. The average Bonchev–Trinajstić information content (AvgIpc) is 2.40. The highest BCUT2D eigenvalue weighted by molar-refractivity contribution is 6.91. The lowest BCUT2D eigenvalue weighted by Gasteiger charge is -2.42. The molecule has 0 aliphatic rings. The zero-order valence-electron chi connectivity index (χ0n) is 21.9. The highest BCUT2D eigenvalue weighted by Gasteiger charge is 2.47. The van der Waals surface area contributed by atoms with Crippen molar-refractivity contribution in [1.82, 2.24) is 0 Å². The third-order valence-corrected chi connectivity index (χ3v) is 25.6. The molecule has 0 aromatic rings. The summed E-state index contributed by atoms with van der Waals surface area (Å²) in [6.07, 6.45) is 2.17. The molecule has 0 bridgehead atoms. The van der Waals surface area contributed by atoms with Gasteiger partial charge in [-0.3, -0.25) is 0 Å². The first kappa shape index (κ1) is 30.8. The molecule has 0 aromatic carbocycles. The Hall–Kier alpha value is 0.801. The molecular formula is C18H48O6Si6. The summed E-state index contributed by atoms with van der Waals surface area (Å²) in [7, 11) is -13.9. The van der Waals surface area contributed by atoms with Crippen LogP contribution in [0.5, 0.6) is 0 Å². The second kappa shape index (κ2) is 11.3. The van der Waals surface area contributed by atoms with Gasteiger partial charge in [0.05, 0.1) is 0 Å². The molecule has 0 heterocycles. The minimum absolute atomic E-state index is 0.745. The summed E-state index contributed by atoms with van der Waals surface area (Å²) in [5.41, 5.74) is 1.95. The summed E-state index contributed by atoms with van der Waals surface area (Å²) in [6.45, 7) is 31.9. The van der Waals surface area contributed by atoms with Gasteiger partial charge in [-0.2, -0.15) is 0 Å². The van der Waals surface area contributed by atoms with Gasteiger partial charge in [-0.1, -0.05) is 19.0 Å². The lowest BCUT2D eigenvalue weighted by atomic mass is 10.4. The van der Waals surface area contributed by atoms with E-state index in [-0.39, 0.29) is 0 Å². The average molecular weight is 529 g/mol. The Balaban J connectivity index is 5.07. The van der Waals surface area contributed by atoms with E-state index < -0.39 is 51.1 Å². The van der Waals surface area contributed by atoms with Crippen molar-refractivity contribution < 1.29 is 25.0 Å². The zero-order chi connectivity index (χ0) is 24.1. The Morgan fingerprint density at radius 1 is 0.567 bits per heavy atom. The van der Waals surface area contributed by atoms with Crippen LogP contribution in [-0.4, -0.2) is 57.7 Å². The second-order valence-corrected chi connectivity index (χ2v) is 32.5. The van der Waals surface area contributed by atoms with Crippen LogP contribution in [0.4, 0.5) is 0 Å². The monoisotopic (exact) mass is 528 g/mol. The third kappa shape index (κ3) is 14.1. The largest absolute Gasteiger partial charge is 0.433 e. The fourth-order valence-corrected chi connectivity index (χ4v) is 31.0. The molecule has 0 unspecified atom stereocenters. The molecule has 0 rings (SSSR count). The summed E-state index contributed by atoms with van der Waals surface area (Å²) in [5.74, 6) is 0. The first-order chi connectivity index (χ1) is 13.2. The van der Waals surface area contributed by atoms with Gasteiger partial charge in [0.2, 0.25) is 0 Å². The van der Waals surface area contributed by atoms with Gasteiger partial charge in [0.15, 0.2) is 8.32 Å². The Labute approximate surface area is 193 Å². The predicted molar refractivity (Wildman–Crippen MR) is 141 cm³/mol. The van der Waals surface area contributed by atoms with Crippen LogP contribution in [0.2, 0.25) is 78.6 Å². The normalized spacial score (nSPS) is 14.8. The lowest BCUT2D eigenvalue weighted by molar-refractivity contribution is 0.218. The summed E-state index contributed by atoms with van der Waals surface area (Å²) in [5, 5.41) is 0. The minimum atomic E-state index is -2.48. The van der Waals surface area contributed by atoms with Crippen molar-refractivity contribution in [2.45, 2.75) is 98.3 Å². The summed E-state index contributed by atoms with van der Waals surface area (Å²) < 4.78 is 38.5. The summed E-state index contributed by atoms with van der Waals surface area (Å²) >= 11 is 0. The second-order valence-electron chi connectivity index (χ2n) is 10.5. The minimum Gasteiger partial charge on any atom is -0.433 e. The van der Waals surface area contributed by atoms with E-state index in [4.69, 9.17) is 25.0 Å². The molecule has 0 saturated carbocycles. The Bertz CT molecular complexity index is 551. The maximum atomic E-state index is 6.57. The van der Waals surface area contributed by atoms with E-state index in [2.05, 4.69) is 92.1 Å². The quantitative estimate of drug-likeness (QED) is 0.183.